The zero-order valence-corrected chi connectivity index (χ0v) is 15.2. The van der Waals surface area contributed by atoms with Crippen molar-refractivity contribution in [2.45, 2.75) is 13.1 Å². The number of hydrogen-bond acceptors (Lipinski definition) is 4. The molecule has 0 atom stereocenters. The van der Waals surface area contributed by atoms with Crippen molar-refractivity contribution in [2.24, 2.45) is 0 Å². The van der Waals surface area contributed by atoms with E-state index < -0.39 is 17.6 Å². The van der Waals surface area contributed by atoms with Gasteiger partial charge in [-0.25, -0.2) is 0 Å². The summed E-state index contributed by atoms with van der Waals surface area (Å²) in [4.78, 5) is 31.6. The Kier molecular flexibility index (Phi) is 5.53. The van der Waals surface area contributed by atoms with Crippen LogP contribution in [-0.4, -0.2) is 47.9 Å². The molecule has 1 N–H and O–H groups in total. The molecular weight excluding hydrogens is 373 g/mol. The first-order valence-electron chi connectivity index (χ1n) is 8.69. The number of nitrogens with zero attached hydrogens (tertiary/aromatic N) is 3. The summed E-state index contributed by atoms with van der Waals surface area (Å²) in [6, 6.07) is 7.78. The summed E-state index contributed by atoms with van der Waals surface area (Å²) < 4.78 is 38.4. The van der Waals surface area contributed by atoms with Gasteiger partial charge in [0, 0.05) is 50.7 Å². The second-order valence-electron chi connectivity index (χ2n) is 6.43. The van der Waals surface area contributed by atoms with Crippen molar-refractivity contribution in [1.29, 1.82) is 0 Å². The first-order chi connectivity index (χ1) is 13.2. The quantitative estimate of drug-likeness (QED) is 0.872. The summed E-state index contributed by atoms with van der Waals surface area (Å²) in [6.07, 6.45) is -3.01. The van der Waals surface area contributed by atoms with Gasteiger partial charge in [0.1, 0.15) is 5.69 Å². The first-order valence-corrected chi connectivity index (χ1v) is 8.69. The Balaban J connectivity index is 1.70. The zero-order valence-electron chi connectivity index (χ0n) is 15.2. The van der Waals surface area contributed by atoms with Gasteiger partial charge in [-0.2, -0.15) is 13.2 Å². The Morgan fingerprint density at radius 2 is 1.79 bits per heavy atom. The van der Waals surface area contributed by atoms with E-state index in [0.717, 1.165) is 17.8 Å². The van der Waals surface area contributed by atoms with E-state index in [1.807, 2.05) is 4.90 Å². The average Bonchev–Trinajstić information content (AvgIpc) is 2.67. The van der Waals surface area contributed by atoms with E-state index in [-0.39, 0.29) is 17.3 Å². The minimum absolute atomic E-state index is 0.0236. The normalized spacial score (nSPS) is 14.7. The van der Waals surface area contributed by atoms with E-state index in [1.165, 1.54) is 25.3 Å². The van der Waals surface area contributed by atoms with Crippen molar-refractivity contribution in [3.8, 4) is 0 Å². The van der Waals surface area contributed by atoms with E-state index in [2.05, 4.69) is 10.3 Å². The van der Waals surface area contributed by atoms with Gasteiger partial charge < -0.3 is 15.1 Å². The van der Waals surface area contributed by atoms with Crippen LogP contribution in [0.1, 0.15) is 23.0 Å². The second-order valence-corrected chi connectivity index (χ2v) is 6.43. The summed E-state index contributed by atoms with van der Waals surface area (Å²) in [5, 5.41) is 2.45. The molecule has 9 heteroatoms. The smallest absolute Gasteiger partial charge is 0.368 e. The van der Waals surface area contributed by atoms with Crippen LogP contribution in [0.4, 0.5) is 24.5 Å². The van der Waals surface area contributed by atoms with Gasteiger partial charge in [0.05, 0.1) is 5.56 Å². The van der Waals surface area contributed by atoms with Crippen LogP contribution < -0.4 is 10.2 Å². The van der Waals surface area contributed by atoms with Gasteiger partial charge in [-0.05, 0) is 30.3 Å². The molecule has 0 bridgehead atoms. The van der Waals surface area contributed by atoms with Gasteiger partial charge >= 0.3 is 6.18 Å². The summed E-state index contributed by atoms with van der Waals surface area (Å²) >= 11 is 0. The molecule has 148 valence electrons. The van der Waals surface area contributed by atoms with Crippen LogP contribution in [0.3, 0.4) is 0 Å². The van der Waals surface area contributed by atoms with E-state index in [1.54, 1.807) is 17.0 Å². The number of piperazine rings is 1. The Hall–Kier alpha value is -3.10. The molecule has 2 heterocycles. The van der Waals surface area contributed by atoms with Crippen LogP contribution in [0.15, 0.2) is 42.6 Å². The lowest BCUT2D eigenvalue weighted by atomic mass is 10.2. The largest absolute Gasteiger partial charge is 0.416 e. The van der Waals surface area contributed by atoms with Crippen LogP contribution in [0.5, 0.6) is 0 Å². The predicted molar refractivity (Wildman–Crippen MR) is 98.1 cm³/mol. The minimum Gasteiger partial charge on any atom is -0.368 e. The lowest BCUT2D eigenvalue weighted by molar-refractivity contribution is -0.137. The highest BCUT2D eigenvalue weighted by atomic mass is 19.4. The molecule has 0 unspecified atom stereocenters. The number of amides is 2. The van der Waals surface area contributed by atoms with Crippen LogP contribution in [-0.2, 0) is 11.0 Å². The molecule has 28 heavy (non-hydrogen) atoms. The molecule has 0 radical (unpaired) electrons. The third kappa shape index (κ3) is 4.59. The Morgan fingerprint density at radius 1 is 1.07 bits per heavy atom. The maximum Gasteiger partial charge on any atom is 0.416 e. The molecule has 0 aliphatic carbocycles. The fourth-order valence-corrected chi connectivity index (χ4v) is 2.99. The number of benzene rings is 1. The van der Waals surface area contributed by atoms with E-state index in [0.29, 0.717) is 26.2 Å². The number of carbonyl (C=O) groups is 2. The molecule has 1 aromatic carbocycles. The second kappa shape index (κ2) is 7.87. The average molecular weight is 392 g/mol. The molecule has 1 fully saturated rings. The number of pyridine rings is 1. The Bertz CT molecular complexity index is 877. The van der Waals surface area contributed by atoms with Crippen LogP contribution in [0, 0.1) is 0 Å². The molecule has 0 spiro atoms. The molecule has 1 saturated heterocycles. The highest BCUT2D eigenvalue weighted by Crippen LogP contribution is 2.30. The van der Waals surface area contributed by atoms with E-state index in [4.69, 9.17) is 0 Å². The topological polar surface area (TPSA) is 65.5 Å². The lowest BCUT2D eigenvalue weighted by Gasteiger charge is -2.35. The summed E-state index contributed by atoms with van der Waals surface area (Å²) in [5.74, 6) is -0.570. The molecule has 1 aromatic heterocycles. The molecule has 1 aliphatic heterocycles. The highest BCUT2D eigenvalue weighted by molar-refractivity contribution is 6.03. The Labute approximate surface area is 160 Å². The molecule has 6 nitrogen and oxygen atoms in total. The zero-order chi connectivity index (χ0) is 20.3. The number of hydrogen-bond donors (Lipinski definition) is 1. The summed E-state index contributed by atoms with van der Waals surface area (Å²) in [6.45, 7) is 3.95. The molecule has 2 aromatic rings. The standard InChI is InChI=1S/C19H19F3N4O2/c1-13(27)25-7-9-26(10-8-25)16-5-6-23-17(12-16)18(28)24-15-4-2-3-14(11-15)19(20,21)22/h2-6,11-12H,7-10H2,1H3,(H,24,28). The molecule has 2 amide bonds. The SMILES string of the molecule is CC(=O)N1CCN(c2ccnc(C(=O)Nc3cccc(C(F)(F)F)c3)c2)CC1. The van der Waals surface area contributed by atoms with Gasteiger partial charge in [0.15, 0.2) is 0 Å². The van der Waals surface area contributed by atoms with Crippen molar-refractivity contribution in [2.75, 3.05) is 36.4 Å². The number of nitrogens with one attached hydrogen (secondary N) is 1. The van der Waals surface area contributed by atoms with Crippen molar-refractivity contribution < 1.29 is 22.8 Å². The van der Waals surface area contributed by atoms with Crippen LogP contribution >= 0.6 is 0 Å². The van der Waals surface area contributed by atoms with Crippen molar-refractivity contribution in [3.63, 3.8) is 0 Å². The number of aromatic nitrogens is 1. The maximum atomic E-state index is 12.8. The summed E-state index contributed by atoms with van der Waals surface area (Å²) in [7, 11) is 0. The van der Waals surface area contributed by atoms with Crippen molar-refractivity contribution in [3.05, 3.63) is 53.9 Å². The molecular formula is C19H19F3N4O2. The van der Waals surface area contributed by atoms with Gasteiger partial charge in [-0.1, -0.05) is 6.07 Å². The van der Waals surface area contributed by atoms with Crippen molar-refractivity contribution in [1.82, 2.24) is 9.88 Å². The molecule has 3 rings (SSSR count). The minimum atomic E-state index is -4.49. The van der Waals surface area contributed by atoms with Crippen LogP contribution in [0.2, 0.25) is 0 Å². The van der Waals surface area contributed by atoms with Crippen molar-refractivity contribution >= 4 is 23.2 Å². The fourth-order valence-electron chi connectivity index (χ4n) is 2.99. The summed E-state index contributed by atoms with van der Waals surface area (Å²) in [5.41, 5.74) is 0.0776. The van der Waals surface area contributed by atoms with E-state index in [9.17, 15) is 22.8 Å². The first kappa shape index (κ1) is 19.7. The third-order valence-electron chi connectivity index (χ3n) is 4.51. The number of alkyl halides is 3. The van der Waals surface area contributed by atoms with Gasteiger partial charge in [-0.15, -0.1) is 0 Å². The van der Waals surface area contributed by atoms with Gasteiger partial charge in [-0.3, -0.25) is 14.6 Å². The lowest BCUT2D eigenvalue weighted by Crippen LogP contribution is -2.48. The monoisotopic (exact) mass is 392 g/mol. The number of anilines is 2. The Morgan fingerprint density at radius 3 is 2.43 bits per heavy atom. The van der Waals surface area contributed by atoms with Gasteiger partial charge in [0.2, 0.25) is 5.91 Å². The van der Waals surface area contributed by atoms with Gasteiger partial charge in [0.25, 0.3) is 5.91 Å². The van der Waals surface area contributed by atoms with E-state index >= 15 is 0 Å². The molecule has 1 aliphatic rings. The molecule has 0 saturated carbocycles. The maximum absolute atomic E-state index is 12.8. The number of rotatable bonds is 3. The van der Waals surface area contributed by atoms with Crippen LogP contribution in [0.25, 0.3) is 0 Å². The third-order valence-corrected chi connectivity index (χ3v) is 4.51. The predicted octanol–water partition coefficient (Wildman–Crippen LogP) is 3.02. The number of halogens is 3. The highest BCUT2D eigenvalue weighted by Gasteiger charge is 2.30. The fraction of sp³-hybridized carbons (Fsp3) is 0.316. The number of carbonyl (C=O) groups excluding carboxylic acids is 2.